The zero-order chi connectivity index (χ0) is 14.4. The smallest absolute Gasteiger partial charge is 0.185 e. The van der Waals surface area contributed by atoms with Gasteiger partial charge in [-0.1, -0.05) is 26.7 Å². The highest BCUT2D eigenvalue weighted by molar-refractivity contribution is 5.56. The second-order valence-corrected chi connectivity index (χ2v) is 5.47. The predicted molar refractivity (Wildman–Crippen MR) is 73.5 cm³/mol. The summed E-state index contributed by atoms with van der Waals surface area (Å²) in [6.45, 7) is 5.98. The van der Waals surface area contributed by atoms with E-state index in [-0.39, 0.29) is 24.2 Å². The first-order valence-corrected chi connectivity index (χ1v) is 7.77. The van der Waals surface area contributed by atoms with Crippen LogP contribution in [-0.4, -0.2) is 50.7 Å². The largest absolute Gasteiger partial charge is 0.375 e. The quantitative estimate of drug-likeness (QED) is 0.479. The lowest BCUT2D eigenvalue weighted by Gasteiger charge is -2.38. The first-order chi connectivity index (χ1) is 9.81. The van der Waals surface area contributed by atoms with Gasteiger partial charge in [0.25, 0.3) is 0 Å². The SMILES string of the molecule is CCCCO[C@@H]1[C@@H]2OC[C@H](O2)[C@@H](OCCCC)[C@@H]1C=O. The van der Waals surface area contributed by atoms with Crippen molar-refractivity contribution in [1.82, 2.24) is 0 Å². The van der Waals surface area contributed by atoms with E-state index in [0.29, 0.717) is 19.8 Å². The lowest BCUT2D eigenvalue weighted by atomic mass is 9.91. The van der Waals surface area contributed by atoms with Crippen molar-refractivity contribution >= 4 is 6.29 Å². The van der Waals surface area contributed by atoms with E-state index in [1.165, 1.54) is 0 Å². The van der Waals surface area contributed by atoms with Crippen LogP contribution in [0.4, 0.5) is 0 Å². The molecule has 116 valence electrons. The Morgan fingerprint density at radius 2 is 1.75 bits per heavy atom. The van der Waals surface area contributed by atoms with Crippen molar-refractivity contribution in [2.75, 3.05) is 19.8 Å². The van der Waals surface area contributed by atoms with Crippen molar-refractivity contribution in [1.29, 1.82) is 0 Å². The maximum atomic E-state index is 11.5. The number of unbranched alkanes of at least 4 members (excludes halogenated alkanes) is 2. The van der Waals surface area contributed by atoms with Gasteiger partial charge in [0.15, 0.2) is 6.29 Å². The van der Waals surface area contributed by atoms with Gasteiger partial charge in [-0.2, -0.15) is 0 Å². The molecular weight excluding hydrogens is 260 g/mol. The average Bonchev–Trinajstić information content (AvgIpc) is 2.89. The number of carbonyl (C=O) groups excluding carboxylic acids is 1. The summed E-state index contributed by atoms with van der Waals surface area (Å²) in [5, 5.41) is 0. The lowest BCUT2D eigenvalue weighted by molar-refractivity contribution is -0.228. The van der Waals surface area contributed by atoms with Crippen LogP contribution < -0.4 is 0 Å². The molecule has 0 aliphatic carbocycles. The Kier molecular flexibility index (Phi) is 6.42. The van der Waals surface area contributed by atoms with Crippen molar-refractivity contribution in [3.8, 4) is 0 Å². The van der Waals surface area contributed by atoms with Gasteiger partial charge in [0, 0.05) is 13.2 Å². The molecule has 0 aromatic carbocycles. The fraction of sp³-hybridized carbons (Fsp3) is 0.933. The first kappa shape index (κ1) is 15.9. The molecule has 2 fully saturated rings. The second-order valence-electron chi connectivity index (χ2n) is 5.47. The third-order valence-corrected chi connectivity index (χ3v) is 3.90. The van der Waals surface area contributed by atoms with E-state index in [1.807, 2.05) is 0 Å². The lowest BCUT2D eigenvalue weighted by Crippen LogP contribution is -2.53. The van der Waals surface area contributed by atoms with Crippen LogP contribution in [0.3, 0.4) is 0 Å². The van der Waals surface area contributed by atoms with Crippen LogP contribution in [0, 0.1) is 5.92 Å². The Balaban J connectivity index is 1.97. The van der Waals surface area contributed by atoms with Gasteiger partial charge >= 0.3 is 0 Å². The van der Waals surface area contributed by atoms with E-state index >= 15 is 0 Å². The summed E-state index contributed by atoms with van der Waals surface area (Å²) in [4.78, 5) is 11.5. The Morgan fingerprint density at radius 3 is 2.35 bits per heavy atom. The molecule has 2 aliphatic rings. The third kappa shape index (κ3) is 3.58. The first-order valence-electron chi connectivity index (χ1n) is 7.77. The zero-order valence-electron chi connectivity index (χ0n) is 12.5. The van der Waals surface area contributed by atoms with Gasteiger partial charge in [-0.3, -0.25) is 0 Å². The number of ether oxygens (including phenoxy) is 4. The summed E-state index contributed by atoms with van der Waals surface area (Å²) in [7, 11) is 0. The van der Waals surface area contributed by atoms with E-state index in [9.17, 15) is 4.79 Å². The van der Waals surface area contributed by atoms with E-state index in [4.69, 9.17) is 18.9 Å². The van der Waals surface area contributed by atoms with E-state index in [1.54, 1.807) is 0 Å². The molecule has 0 amide bonds. The van der Waals surface area contributed by atoms with Gasteiger partial charge in [-0.05, 0) is 12.8 Å². The van der Waals surface area contributed by atoms with Crippen molar-refractivity contribution in [2.45, 2.75) is 64.1 Å². The molecule has 2 saturated heterocycles. The van der Waals surface area contributed by atoms with Crippen molar-refractivity contribution in [2.24, 2.45) is 5.92 Å². The molecule has 2 aliphatic heterocycles. The summed E-state index contributed by atoms with van der Waals surface area (Å²) in [5.74, 6) is -0.296. The molecular formula is C15H26O5. The maximum Gasteiger partial charge on any atom is 0.185 e. The Bertz CT molecular complexity index is 272. The van der Waals surface area contributed by atoms with Crippen LogP contribution in [-0.2, 0) is 23.7 Å². The molecule has 5 heteroatoms. The molecule has 0 aromatic rings. The molecule has 5 atom stereocenters. The van der Waals surface area contributed by atoms with E-state index in [0.717, 1.165) is 32.0 Å². The zero-order valence-corrected chi connectivity index (χ0v) is 12.5. The number of carbonyl (C=O) groups is 1. The highest BCUT2D eigenvalue weighted by Gasteiger charge is 2.51. The molecule has 0 radical (unpaired) electrons. The van der Waals surface area contributed by atoms with E-state index < -0.39 is 6.29 Å². The van der Waals surface area contributed by atoms with Gasteiger partial charge in [0.1, 0.15) is 18.5 Å². The summed E-state index contributed by atoms with van der Waals surface area (Å²) in [6, 6.07) is 0. The third-order valence-electron chi connectivity index (χ3n) is 3.90. The second kappa shape index (κ2) is 8.08. The molecule has 2 bridgehead atoms. The minimum absolute atomic E-state index is 0.141. The topological polar surface area (TPSA) is 54.0 Å². The normalized spacial score (nSPS) is 36.2. The van der Waals surface area contributed by atoms with Crippen LogP contribution in [0.2, 0.25) is 0 Å². The molecule has 20 heavy (non-hydrogen) atoms. The van der Waals surface area contributed by atoms with Crippen molar-refractivity contribution in [3.05, 3.63) is 0 Å². The molecule has 5 nitrogen and oxygen atoms in total. The number of rotatable bonds is 9. The molecule has 0 saturated carbocycles. The number of aldehydes is 1. The molecule has 0 unspecified atom stereocenters. The minimum Gasteiger partial charge on any atom is -0.375 e. The predicted octanol–water partition coefficient (Wildman–Crippen LogP) is 1.93. The monoisotopic (exact) mass is 286 g/mol. The number of fused-ring (bicyclic) bond motifs is 2. The van der Waals surface area contributed by atoms with Gasteiger partial charge in [-0.25, -0.2) is 0 Å². The van der Waals surface area contributed by atoms with Crippen molar-refractivity contribution < 1.29 is 23.7 Å². The molecule has 0 N–H and O–H groups in total. The van der Waals surface area contributed by atoms with Gasteiger partial charge in [0.05, 0.1) is 18.6 Å². The van der Waals surface area contributed by atoms with Gasteiger partial charge in [-0.15, -0.1) is 0 Å². The van der Waals surface area contributed by atoms with Crippen LogP contribution in [0.15, 0.2) is 0 Å². The van der Waals surface area contributed by atoms with Crippen LogP contribution in [0.5, 0.6) is 0 Å². The number of hydrogen-bond donors (Lipinski definition) is 0. The summed E-state index contributed by atoms with van der Waals surface area (Å²) < 4.78 is 23.1. The fourth-order valence-corrected chi connectivity index (χ4v) is 2.69. The Morgan fingerprint density at radius 1 is 1.10 bits per heavy atom. The number of hydrogen-bond acceptors (Lipinski definition) is 5. The van der Waals surface area contributed by atoms with Gasteiger partial charge in [0.2, 0.25) is 0 Å². The average molecular weight is 286 g/mol. The van der Waals surface area contributed by atoms with Crippen molar-refractivity contribution in [3.63, 3.8) is 0 Å². The highest BCUT2D eigenvalue weighted by Crippen LogP contribution is 2.35. The Labute approximate surface area is 120 Å². The van der Waals surface area contributed by atoms with Crippen LogP contribution in [0.25, 0.3) is 0 Å². The fourth-order valence-electron chi connectivity index (χ4n) is 2.69. The van der Waals surface area contributed by atoms with Gasteiger partial charge < -0.3 is 23.7 Å². The standard InChI is InChI=1S/C15H26O5/c1-3-5-7-17-13-11(9-16)14(18-8-6-4-2)15-19-10-12(13)20-15/h9,11-15H,3-8,10H2,1-2H3/t11-,12-,13-,14-,15+/m0/s1. The highest BCUT2D eigenvalue weighted by atomic mass is 16.8. The molecule has 2 rings (SSSR count). The maximum absolute atomic E-state index is 11.5. The molecule has 0 aromatic heterocycles. The minimum atomic E-state index is -0.418. The van der Waals surface area contributed by atoms with E-state index in [2.05, 4.69) is 13.8 Å². The van der Waals surface area contributed by atoms with Crippen LogP contribution in [0.1, 0.15) is 39.5 Å². The summed E-state index contributed by atoms with van der Waals surface area (Å²) >= 11 is 0. The molecule has 0 spiro atoms. The van der Waals surface area contributed by atoms with Crippen LogP contribution >= 0.6 is 0 Å². The molecule has 2 heterocycles. The summed E-state index contributed by atoms with van der Waals surface area (Å²) in [6.07, 6.45) is 3.89. The Hall–Kier alpha value is -0.490. The summed E-state index contributed by atoms with van der Waals surface area (Å²) in [5.41, 5.74) is 0.